The fraction of sp³-hybridized carbons (Fsp3) is 1.00. The van der Waals surface area contributed by atoms with E-state index >= 15 is 0 Å². The molecule has 5 atom stereocenters. The van der Waals surface area contributed by atoms with Crippen LogP contribution in [0.2, 0.25) is 0 Å². The molecule has 0 radical (unpaired) electrons. The van der Waals surface area contributed by atoms with Crippen LogP contribution in [0.5, 0.6) is 0 Å². The minimum absolute atomic E-state index is 0.175. The molecule has 0 aromatic heterocycles. The van der Waals surface area contributed by atoms with Gasteiger partial charge < -0.3 is 24.4 Å². The zero-order valence-electron chi connectivity index (χ0n) is 13.1. The molecule has 3 unspecified atom stereocenters. The molecule has 0 aliphatic carbocycles. The van der Waals surface area contributed by atoms with Crippen molar-refractivity contribution in [3.63, 3.8) is 0 Å². The first kappa shape index (κ1) is 17.2. The summed E-state index contributed by atoms with van der Waals surface area (Å²) in [6.45, 7) is 2.85. The zero-order valence-corrected chi connectivity index (χ0v) is 13.1. The van der Waals surface area contributed by atoms with Gasteiger partial charge in [0.2, 0.25) is 0 Å². The first-order valence-corrected chi connectivity index (χ1v) is 8.47. The van der Waals surface area contributed by atoms with Gasteiger partial charge in [-0.25, -0.2) is 0 Å². The summed E-state index contributed by atoms with van der Waals surface area (Å²) in [7, 11) is 0. The van der Waals surface area contributed by atoms with Crippen LogP contribution in [0, 0.1) is 0 Å². The Balaban J connectivity index is 1.54. The highest BCUT2D eigenvalue weighted by atomic mass is 16.7. The normalized spacial score (nSPS) is 36.4. The Labute approximate surface area is 127 Å². The molecule has 124 valence electrons. The molecule has 2 aliphatic rings. The van der Waals surface area contributed by atoms with Gasteiger partial charge in [0.05, 0.1) is 13.2 Å². The molecule has 0 aromatic rings. The van der Waals surface area contributed by atoms with Gasteiger partial charge in [-0.2, -0.15) is 0 Å². The van der Waals surface area contributed by atoms with Crippen molar-refractivity contribution in [2.24, 2.45) is 0 Å². The quantitative estimate of drug-likeness (QED) is 0.638. The van der Waals surface area contributed by atoms with E-state index in [-0.39, 0.29) is 19.0 Å². The number of unbranched alkanes of at least 4 members (excludes halogenated alkanes) is 6. The number of aliphatic hydroxyl groups excluding tert-OH is 2. The van der Waals surface area contributed by atoms with Crippen molar-refractivity contribution in [2.75, 3.05) is 13.2 Å². The smallest absolute Gasteiger partial charge is 0.158 e. The van der Waals surface area contributed by atoms with Crippen molar-refractivity contribution in [3.05, 3.63) is 0 Å². The topological polar surface area (TPSA) is 68.2 Å². The maximum Gasteiger partial charge on any atom is 0.158 e. The Morgan fingerprint density at radius 3 is 2.29 bits per heavy atom. The van der Waals surface area contributed by atoms with E-state index in [0.717, 1.165) is 12.8 Å². The predicted octanol–water partition coefficient (Wildman–Crippen LogP) is 1.99. The molecule has 2 N–H and O–H groups in total. The number of aliphatic hydroxyl groups is 2. The SMILES string of the molecule is CCCCCCCCCC1OCC([C@H]2OCC(O)[C@H]2O)O1. The second-order valence-electron chi connectivity index (χ2n) is 6.20. The summed E-state index contributed by atoms with van der Waals surface area (Å²) in [6.07, 6.45) is 7.24. The third-order valence-corrected chi connectivity index (χ3v) is 4.37. The van der Waals surface area contributed by atoms with E-state index in [1.54, 1.807) is 0 Å². The largest absolute Gasteiger partial charge is 0.388 e. The third-order valence-electron chi connectivity index (χ3n) is 4.37. The molecule has 0 saturated carbocycles. The van der Waals surface area contributed by atoms with Crippen LogP contribution in [0.1, 0.15) is 58.3 Å². The van der Waals surface area contributed by atoms with Crippen molar-refractivity contribution in [1.29, 1.82) is 0 Å². The lowest BCUT2D eigenvalue weighted by atomic mass is 10.1. The van der Waals surface area contributed by atoms with E-state index in [1.165, 1.54) is 38.5 Å². The fourth-order valence-electron chi connectivity index (χ4n) is 3.02. The van der Waals surface area contributed by atoms with E-state index in [9.17, 15) is 10.2 Å². The van der Waals surface area contributed by atoms with Gasteiger partial charge in [-0.05, 0) is 12.8 Å². The van der Waals surface area contributed by atoms with Crippen LogP contribution < -0.4 is 0 Å². The molecule has 2 fully saturated rings. The average molecular weight is 302 g/mol. The van der Waals surface area contributed by atoms with Gasteiger partial charge in [-0.3, -0.25) is 0 Å². The van der Waals surface area contributed by atoms with Crippen LogP contribution in [-0.2, 0) is 14.2 Å². The molecule has 0 aromatic carbocycles. The Kier molecular flexibility index (Phi) is 7.40. The zero-order chi connectivity index (χ0) is 15.1. The van der Waals surface area contributed by atoms with Gasteiger partial charge in [-0.1, -0.05) is 45.4 Å². The summed E-state index contributed by atoms with van der Waals surface area (Å²) in [4.78, 5) is 0. The van der Waals surface area contributed by atoms with Crippen LogP contribution in [0.3, 0.4) is 0 Å². The highest BCUT2D eigenvalue weighted by Gasteiger charge is 2.43. The molecular formula is C16H30O5. The summed E-state index contributed by atoms with van der Waals surface area (Å²) in [5.74, 6) is 0. The first-order chi connectivity index (χ1) is 10.2. The first-order valence-electron chi connectivity index (χ1n) is 8.47. The summed E-state index contributed by atoms with van der Waals surface area (Å²) < 4.78 is 16.8. The minimum atomic E-state index is -0.865. The van der Waals surface area contributed by atoms with E-state index in [4.69, 9.17) is 14.2 Å². The summed E-state index contributed by atoms with van der Waals surface area (Å²) in [5, 5.41) is 19.3. The molecule has 2 heterocycles. The molecule has 5 heteroatoms. The molecular weight excluding hydrogens is 272 g/mol. The van der Waals surface area contributed by atoms with Gasteiger partial charge in [0, 0.05) is 0 Å². The highest BCUT2D eigenvalue weighted by Crippen LogP contribution is 2.26. The lowest BCUT2D eigenvalue weighted by Crippen LogP contribution is -2.39. The predicted molar refractivity (Wildman–Crippen MR) is 79.0 cm³/mol. The van der Waals surface area contributed by atoms with E-state index in [1.807, 2.05) is 0 Å². The van der Waals surface area contributed by atoms with E-state index in [0.29, 0.717) is 6.61 Å². The van der Waals surface area contributed by atoms with E-state index < -0.39 is 18.3 Å². The van der Waals surface area contributed by atoms with Crippen LogP contribution in [0.15, 0.2) is 0 Å². The maximum atomic E-state index is 9.81. The number of hydrogen-bond acceptors (Lipinski definition) is 5. The van der Waals surface area contributed by atoms with E-state index in [2.05, 4.69) is 6.92 Å². The number of rotatable bonds is 9. The molecule has 2 aliphatic heterocycles. The molecule has 5 nitrogen and oxygen atoms in total. The third kappa shape index (κ3) is 5.18. The molecule has 21 heavy (non-hydrogen) atoms. The van der Waals surface area contributed by atoms with Gasteiger partial charge in [0.15, 0.2) is 6.29 Å². The molecule has 0 spiro atoms. The van der Waals surface area contributed by atoms with Crippen LogP contribution in [0.4, 0.5) is 0 Å². The highest BCUT2D eigenvalue weighted by molar-refractivity contribution is 4.90. The maximum absolute atomic E-state index is 9.81. The number of ether oxygens (including phenoxy) is 3. The van der Waals surface area contributed by atoms with Crippen LogP contribution in [-0.4, -0.2) is 54.1 Å². The van der Waals surface area contributed by atoms with Crippen molar-refractivity contribution in [3.8, 4) is 0 Å². The molecule has 2 saturated heterocycles. The van der Waals surface area contributed by atoms with Gasteiger partial charge in [0.1, 0.15) is 24.4 Å². The van der Waals surface area contributed by atoms with Crippen molar-refractivity contribution in [1.82, 2.24) is 0 Å². The second kappa shape index (κ2) is 9.06. The van der Waals surface area contributed by atoms with Gasteiger partial charge >= 0.3 is 0 Å². The number of hydrogen-bond donors (Lipinski definition) is 2. The summed E-state index contributed by atoms with van der Waals surface area (Å²) >= 11 is 0. The summed E-state index contributed by atoms with van der Waals surface area (Å²) in [5.41, 5.74) is 0. The Morgan fingerprint density at radius 1 is 0.905 bits per heavy atom. The average Bonchev–Trinajstić information content (AvgIpc) is 3.06. The van der Waals surface area contributed by atoms with Crippen LogP contribution >= 0.6 is 0 Å². The molecule has 0 amide bonds. The monoisotopic (exact) mass is 302 g/mol. The Hall–Kier alpha value is -0.200. The van der Waals surface area contributed by atoms with Gasteiger partial charge in [0.25, 0.3) is 0 Å². The van der Waals surface area contributed by atoms with Crippen molar-refractivity contribution in [2.45, 2.75) is 89.0 Å². The lowest BCUT2D eigenvalue weighted by Gasteiger charge is -2.20. The van der Waals surface area contributed by atoms with Crippen LogP contribution in [0.25, 0.3) is 0 Å². The fourth-order valence-corrected chi connectivity index (χ4v) is 3.02. The lowest BCUT2D eigenvalue weighted by molar-refractivity contribution is -0.103. The molecule has 0 bridgehead atoms. The molecule has 2 rings (SSSR count). The Morgan fingerprint density at radius 2 is 1.62 bits per heavy atom. The second-order valence-corrected chi connectivity index (χ2v) is 6.20. The summed E-state index contributed by atoms with van der Waals surface area (Å²) in [6, 6.07) is 0. The standard InChI is InChI=1S/C16H30O5/c1-2-3-4-5-6-7-8-9-14-19-11-13(21-14)16-15(18)12(17)10-20-16/h12-18H,2-11H2,1H3/t12?,13?,14?,15-,16-/m1/s1. The van der Waals surface area contributed by atoms with Crippen molar-refractivity contribution >= 4 is 0 Å². The van der Waals surface area contributed by atoms with Crippen molar-refractivity contribution < 1.29 is 24.4 Å². The minimum Gasteiger partial charge on any atom is -0.388 e. The van der Waals surface area contributed by atoms with Gasteiger partial charge in [-0.15, -0.1) is 0 Å². The Bertz CT molecular complexity index is 286.